The minimum Gasteiger partial charge on any atom is -0.479 e. The number of hydrogen-bond donors (Lipinski definition) is 3. The van der Waals surface area contributed by atoms with Crippen LogP contribution in [0.5, 0.6) is 0 Å². The van der Waals surface area contributed by atoms with Crippen molar-refractivity contribution in [3.63, 3.8) is 0 Å². The van der Waals surface area contributed by atoms with Crippen LogP contribution in [0.4, 0.5) is 0 Å². The monoisotopic (exact) mass is 997 g/mol. The predicted molar refractivity (Wildman–Crippen MR) is 284 cm³/mol. The molecule has 0 radical (unpaired) electrons. The molecule has 0 aromatic carbocycles. The lowest BCUT2D eigenvalue weighted by Crippen LogP contribution is -2.61. The van der Waals surface area contributed by atoms with E-state index in [0.29, 0.717) is 19.3 Å². The van der Waals surface area contributed by atoms with E-state index in [9.17, 15) is 34.5 Å². The summed E-state index contributed by atoms with van der Waals surface area (Å²) in [6.07, 6.45) is 47.1. The van der Waals surface area contributed by atoms with Gasteiger partial charge in [-0.3, -0.25) is 14.4 Å². The van der Waals surface area contributed by atoms with Gasteiger partial charge in [0.25, 0.3) is 0 Å². The van der Waals surface area contributed by atoms with Crippen LogP contribution >= 0.6 is 0 Å². The van der Waals surface area contributed by atoms with Crippen LogP contribution < -0.4 is 0 Å². The number of rotatable bonds is 45. The first-order valence-corrected chi connectivity index (χ1v) is 27.6. The molecule has 404 valence electrons. The van der Waals surface area contributed by atoms with Gasteiger partial charge in [-0.1, -0.05) is 189 Å². The number of carboxylic acids is 1. The van der Waals surface area contributed by atoms with Gasteiger partial charge in [0.1, 0.15) is 18.8 Å². The number of aliphatic hydroxyl groups excluding tert-OH is 2. The lowest BCUT2D eigenvalue weighted by atomic mass is 9.98. The first-order chi connectivity index (χ1) is 34.6. The molecule has 0 saturated carbocycles. The SMILES string of the molecule is CC/C=C\C/C=C\C/C=C\C/C=C\CCCCC(=O)OCC(COC1OC(C(=O)O)C(O)C(O)C1OC(=O)CCCCCCCCCCCCC)OC(=O)CCCCCCC/C=C\C/C=C\C/C=C\CC. The lowest BCUT2D eigenvalue weighted by molar-refractivity contribution is -0.301. The molecule has 1 fully saturated rings. The van der Waals surface area contributed by atoms with Crippen LogP contribution in [-0.2, 0) is 42.9 Å². The Morgan fingerprint density at radius 3 is 1.38 bits per heavy atom. The highest BCUT2D eigenvalue weighted by Gasteiger charge is 2.50. The highest BCUT2D eigenvalue weighted by atomic mass is 16.7. The average molecular weight is 997 g/mol. The summed E-state index contributed by atoms with van der Waals surface area (Å²) < 4.78 is 28.3. The maximum atomic E-state index is 13.1. The minimum absolute atomic E-state index is 0.0531. The number of aliphatic carboxylic acids is 1. The molecule has 0 bridgehead atoms. The molecule has 1 saturated heterocycles. The molecule has 0 aliphatic carbocycles. The second-order valence-electron chi connectivity index (χ2n) is 18.5. The topological polar surface area (TPSA) is 175 Å². The van der Waals surface area contributed by atoms with Crippen molar-refractivity contribution in [1.29, 1.82) is 0 Å². The van der Waals surface area contributed by atoms with Crippen LogP contribution in [0.2, 0.25) is 0 Å². The number of ether oxygens (including phenoxy) is 5. The zero-order valence-corrected chi connectivity index (χ0v) is 44.2. The largest absolute Gasteiger partial charge is 0.479 e. The standard InChI is InChI=1S/C59H96O12/c1-4-7-10-13-16-19-22-24-26-28-31-33-36-39-42-45-51(60)67-48-50(69-52(61)46-43-40-37-35-32-29-27-25-23-20-17-14-11-8-5-2)49-68-59-57(55(64)54(63)56(71-59)58(65)66)70-53(62)47-44-41-38-34-30-21-18-15-12-9-6-3/h7-8,10-11,16-17,19-20,24-27,31,33,50,54-57,59,63-64H,4-6,9,12-15,18,21-23,28-30,32,34-49H2,1-3H3,(H,65,66)/b10-7-,11-8-,19-16-,20-17-,26-24-,27-25-,33-31-. The zero-order valence-electron chi connectivity index (χ0n) is 44.2. The molecule has 0 aromatic rings. The Hall–Kier alpha value is -4.10. The van der Waals surface area contributed by atoms with Gasteiger partial charge in [0.15, 0.2) is 24.6 Å². The number of carbonyl (C=O) groups is 4. The van der Waals surface area contributed by atoms with Crippen molar-refractivity contribution in [2.24, 2.45) is 0 Å². The van der Waals surface area contributed by atoms with E-state index in [1.807, 2.05) is 0 Å². The Balaban J connectivity index is 2.76. The van der Waals surface area contributed by atoms with Crippen LogP contribution in [-0.4, -0.2) is 89.2 Å². The van der Waals surface area contributed by atoms with Crippen molar-refractivity contribution in [3.8, 4) is 0 Å². The third kappa shape index (κ3) is 37.3. The van der Waals surface area contributed by atoms with E-state index >= 15 is 0 Å². The molecular weight excluding hydrogens is 901 g/mol. The maximum Gasteiger partial charge on any atom is 0.335 e. The highest BCUT2D eigenvalue weighted by Crippen LogP contribution is 2.26. The van der Waals surface area contributed by atoms with E-state index in [2.05, 4.69) is 106 Å². The fourth-order valence-corrected chi connectivity index (χ4v) is 7.78. The molecule has 6 unspecified atom stereocenters. The maximum absolute atomic E-state index is 13.1. The number of carboxylic acid groups (broad SMARTS) is 1. The second-order valence-corrected chi connectivity index (χ2v) is 18.5. The molecule has 0 spiro atoms. The van der Waals surface area contributed by atoms with Crippen LogP contribution in [0, 0.1) is 0 Å². The van der Waals surface area contributed by atoms with E-state index in [-0.39, 0.29) is 25.9 Å². The van der Waals surface area contributed by atoms with Crippen molar-refractivity contribution in [2.45, 2.75) is 250 Å². The van der Waals surface area contributed by atoms with Gasteiger partial charge >= 0.3 is 23.9 Å². The van der Waals surface area contributed by atoms with E-state index in [1.165, 1.54) is 38.5 Å². The van der Waals surface area contributed by atoms with Gasteiger partial charge in [0.2, 0.25) is 0 Å². The molecule has 0 amide bonds. The summed E-state index contributed by atoms with van der Waals surface area (Å²) in [4.78, 5) is 50.9. The number of carbonyl (C=O) groups excluding carboxylic acids is 3. The molecule has 71 heavy (non-hydrogen) atoms. The minimum atomic E-state index is -1.91. The summed E-state index contributed by atoms with van der Waals surface area (Å²) in [5.74, 6) is -3.20. The molecule has 1 aliphatic rings. The second kappa shape index (κ2) is 46.9. The van der Waals surface area contributed by atoms with Crippen molar-refractivity contribution >= 4 is 23.9 Å². The van der Waals surface area contributed by atoms with Crippen LogP contribution in [0.1, 0.15) is 213 Å². The summed E-state index contributed by atoms with van der Waals surface area (Å²) in [5, 5.41) is 31.4. The van der Waals surface area contributed by atoms with Crippen molar-refractivity contribution in [2.75, 3.05) is 13.2 Å². The summed E-state index contributed by atoms with van der Waals surface area (Å²) in [6, 6.07) is 0. The first-order valence-electron chi connectivity index (χ1n) is 27.6. The average Bonchev–Trinajstić information content (AvgIpc) is 3.35. The zero-order chi connectivity index (χ0) is 51.8. The Kier molecular flexibility index (Phi) is 42.9. The van der Waals surface area contributed by atoms with Gasteiger partial charge in [-0.15, -0.1) is 0 Å². The summed E-state index contributed by atoms with van der Waals surface area (Å²) in [7, 11) is 0. The Morgan fingerprint density at radius 1 is 0.479 bits per heavy atom. The first kappa shape index (κ1) is 64.9. The van der Waals surface area contributed by atoms with Crippen LogP contribution in [0.15, 0.2) is 85.1 Å². The molecule has 0 aromatic heterocycles. The normalized spacial score (nSPS) is 19.1. The van der Waals surface area contributed by atoms with Crippen molar-refractivity contribution in [1.82, 2.24) is 0 Å². The highest BCUT2D eigenvalue weighted by molar-refractivity contribution is 5.74. The Labute approximate surface area is 429 Å². The number of aliphatic hydroxyl groups is 2. The predicted octanol–water partition coefficient (Wildman–Crippen LogP) is 13.6. The van der Waals surface area contributed by atoms with Gasteiger partial charge in [0.05, 0.1) is 6.61 Å². The number of allylic oxidation sites excluding steroid dienone is 14. The molecular formula is C59H96O12. The third-order valence-electron chi connectivity index (χ3n) is 12.0. The Bertz CT molecular complexity index is 1560. The van der Waals surface area contributed by atoms with E-state index in [1.54, 1.807) is 0 Å². The van der Waals surface area contributed by atoms with Crippen LogP contribution in [0.25, 0.3) is 0 Å². The van der Waals surface area contributed by atoms with Gasteiger partial charge < -0.3 is 39.0 Å². The third-order valence-corrected chi connectivity index (χ3v) is 12.0. The van der Waals surface area contributed by atoms with Crippen molar-refractivity contribution < 1.29 is 58.2 Å². The molecule has 1 aliphatic heterocycles. The smallest absolute Gasteiger partial charge is 0.335 e. The molecule has 1 rings (SSSR count). The van der Waals surface area contributed by atoms with Gasteiger partial charge in [-0.2, -0.15) is 0 Å². The molecule has 12 heteroatoms. The fraction of sp³-hybridized carbons (Fsp3) is 0.695. The summed E-state index contributed by atoms with van der Waals surface area (Å²) in [5.41, 5.74) is 0. The van der Waals surface area contributed by atoms with Crippen LogP contribution in [0.3, 0.4) is 0 Å². The summed E-state index contributed by atoms with van der Waals surface area (Å²) in [6.45, 7) is 5.68. The number of esters is 3. The lowest BCUT2D eigenvalue weighted by Gasteiger charge is -2.40. The Morgan fingerprint density at radius 2 is 0.887 bits per heavy atom. The molecule has 1 heterocycles. The van der Waals surface area contributed by atoms with Gasteiger partial charge in [-0.25, -0.2) is 4.79 Å². The van der Waals surface area contributed by atoms with E-state index in [0.717, 1.165) is 116 Å². The quantitative estimate of drug-likeness (QED) is 0.0228. The molecule has 12 nitrogen and oxygen atoms in total. The van der Waals surface area contributed by atoms with Gasteiger partial charge in [-0.05, 0) is 89.9 Å². The molecule has 6 atom stereocenters. The number of hydrogen-bond acceptors (Lipinski definition) is 11. The number of unbranched alkanes of at least 4 members (excludes halogenated alkanes) is 17. The van der Waals surface area contributed by atoms with E-state index < -0.39 is 67.3 Å². The van der Waals surface area contributed by atoms with Crippen molar-refractivity contribution in [3.05, 3.63) is 85.1 Å². The summed E-state index contributed by atoms with van der Waals surface area (Å²) >= 11 is 0. The fourth-order valence-electron chi connectivity index (χ4n) is 7.78. The van der Waals surface area contributed by atoms with Gasteiger partial charge in [0, 0.05) is 19.3 Å². The molecule has 3 N–H and O–H groups in total. The van der Waals surface area contributed by atoms with E-state index in [4.69, 9.17) is 23.7 Å².